The largest absolute Gasteiger partial charge is 0.483 e. The van der Waals surface area contributed by atoms with Crippen LogP contribution in [0.2, 0.25) is 0 Å². The number of sulfonamides is 1. The Balaban J connectivity index is 6.67. The Morgan fingerprint density at radius 2 is 1.26 bits per heavy atom. The van der Waals surface area contributed by atoms with Crippen molar-refractivity contribution < 1.29 is 75.0 Å². The molecule has 0 fully saturated rings. The van der Waals surface area contributed by atoms with E-state index in [9.17, 15) is 70.3 Å². The van der Waals surface area contributed by atoms with Crippen molar-refractivity contribution in [1.29, 1.82) is 0 Å². The molecule has 5 nitrogen and oxygen atoms in total. The first-order valence-corrected chi connectivity index (χ1v) is 8.58. The van der Waals surface area contributed by atoms with Crippen LogP contribution in [0.1, 0.15) is 13.8 Å². The third kappa shape index (κ3) is 4.42. The van der Waals surface area contributed by atoms with Gasteiger partial charge >= 0.3 is 41.4 Å². The second-order valence-electron chi connectivity index (χ2n) is 5.56. The zero-order valence-corrected chi connectivity index (χ0v) is 15.6. The molecule has 0 aliphatic heterocycles. The van der Waals surface area contributed by atoms with Crippen LogP contribution in [0.15, 0.2) is 12.2 Å². The Morgan fingerprint density at radius 3 is 1.55 bits per heavy atom. The molecular weight excluding hydrogens is 501 g/mol. The van der Waals surface area contributed by atoms with Crippen molar-refractivity contribution in [3.63, 3.8) is 0 Å². The lowest BCUT2D eigenvalue weighted by Crippen LogP contribution is -2.68. The summed E-state index contributed by atoms with van der Waals surface area (Å²) in [6.45, 7) is 0.978. The topological polar surface area (TPSA) is 63.7 Å². The lowest BCUT2D eigenvalue weighted by atomic mass is 10.1. The summed E-state index contributed by atoms with van der Waals surface area (Å²) in [4.78, 5) is 11.0. The van der Waals surface area contributed by atoms with Crippen molar-refractivity contribution >= 4 is 16.0 Å². The minimum Gasteiger partial charge on any atom is -0.392 e. The van der Waals surface area contributed by atoms with Crippen LogP contribution in [0.5, 0.6) is 0 Å². The van der Waals surface area contributed by atoms with Crippen molar-refractivity contribution in [2.24, 2.45) is 0 Å². The Bertz CT molecular complexity index is 819. The zero-order chi connectivity index (χ0) is 25.6. The molecule has 0 unspecified atom stereocenters. The molecule has 0 saturated heterocycles. The molecule has 0 spiro atoms. The number of halogens is 13. The zero-order valence-electron chi connectivity index (χ0n) is 14.8. The van der Waals surface area contributed by atoms with E-state index < -0.39 is 67.8 Å². The highest BCUT2D eigenvalue weighted by Crippen LogP contribution is 2.56. The van der Waals surface area contributed by atoms with Crippen LogP contribution in [-0.4, -0.2) is 60.7 Å². The molecule has 0 saturated carbocycles. The lowest BCUT2D eigenvalue weighted by Gasteiger charge is -2.38. The van der Waals surface area contributed by atoms with Gasteiger partial charge in [-0.2, -0.15) is 57.1 Å². The predicted octanol–water partition coefficient (Wildman–Crippen LogP) is 4.37. The number of likely N-dealkylation sites (N-methyl/N-ethyl adjacent to an activating group) is 1. The molecule has 0 amide bonds. The molecule has 0 aliphatic rings. The normalized spacial score (nSPS) is 15.2. The molecule has 0 aliphatic carbocycles. The third-order valence-electron chi connectivity index (χ3n) is 3.25. The van der Waals surface area contributed by atoms with E-state index in [2.05, 4.69) is 11.3 Å². The molecule has 0 aromatic carbocycles. The number of hydrogen-bond acceptors (Lipinski definition) is 4. The molecule has 0 radical (unpaired) electrons. The van der Waals surface area contributed by atoms with Gasteiger partial charge in [-0.1, -0.05) is 13.5 Å². The molecule has 0 heterocycles. The summed E-state index contributed by atoms with van der Waals surface area (Å²) in [5.74, 6) is -18.1. The van der Waals surface area contributed by atoms with E-state index in [0.29, 0.717) is 6.92 Å². The van der Waals surface area contributed by atoms with Crippen LogP contribution >= 0.6 is 0 Å². The molecule has 184 valence electrons. The average molecular weight is 511 g/mol. The maximum Gasteiger partial charge on any atom is 0.483 e. The number of esters is 1. The maximum atomic E-state index is 13.9. The summed E-state index contributed by atoms with van der Waals surface area (Å²) >= 11 is 0. The summed E-state index contributed by atoms with van der Waals surface area (Å²) < 4.78 is 194. The van der Waals surface area contributed by atoms with Crippen LogP contribution in [0.25, 0.3) is 0 Å². The quantitative estimate of drug-likeness (QED) is 0.200. The number of nitrogens with zero attached hydrogens (tertiary/aromatic N) is 1. The number of hydrogen-bond donors (Lipinski definition) is 0. The highest BCUT2D eigenvalue weighted by atomic mass is 32.2. The fourth-order valence-electron chi connectivity index (χ4n) is 1.59. The van der Waals surface area contributed by atoms with Gasteiger partial charge < -0.3 is 4.74 Å². The van der Waals surface area contributed by atoms with Crippen molar-refractivity contribution in [2.75, 3.05) is 6.54 Å². The van der Waals surface area contributed by atoms with Gasteiger partial charge in [-0.15, -0.1) is 4.31 Å². The number of alkyl halides is 13. The first kappa shape index (κ1) is 29.2. The van der Waals surface area contributed by atoms with Crippen molar-refractivity contribution in [1.82, 2.24) is 4.31 Å². The molecule has 19 heteroatoms. The number of ether oxygens (including phenoxy) is 1. The monoisotopic (exact) mass is 511 g/mol. The van der Waals surface area contributed by atoms with Crippen LogP contribution in [-0.2, 0) is 19.6 Å². The van der Waals surface area contributed by atoms with Gasteiger partial charge in [0.25, 0.3) is 10.0 Å². The van der Waals surface area contributed by atoms with Crippen molar-refractivity contribution in [3.05, 3.63) is 12.2 Å². The molecule has 0 N–H and O–H groups in total. The van der Waals surface area contributed by atoms with Crippen LogP contribution in [0.3, 0.4) is 0 Å². The van der Waals surface area contributed by atoms with E-state index in [1.165, 1.54) is 0 Å². The van der Waals surface area contributed by atoms with Crippen LogP contribution < -0.4 is 0 Å². The van der Waals surface area contributed by atoms with E-state index in [-0.39, 0.29) is 6.92 Å². The Labute approximate surface area is 164 Å². The molecule has 0 rings (SSSR count). The summed E-state index contributed by atoms with van der Waals surface area (Å²) in [6, 6.07) is -6.67. The molecule has 31 heavy (non-hydrogen) atoms. The molecular formula is C12H10F13NO4S. The van der Waals surface area contributed by atoms with Crippen LogP contribution in [0, 0.1) is 0 Å². The summed E-state index contributed by atoms with van der Waals surface area (Å²) in [5.41, 5.74) is -1.02. The number of carbonyl (C=O) groups excluding carboxylic acids is 1. The standard InChI is InChI=1S/C12H10F13NO4S/c1-4-26(10(20,21)11(22,23)30-6(27)5(2)3)31(28,29)12(24,25)8(15,16)7(13,14)9(17,18)19/h2,4H2,1,3H3. The van der Waals surface area contributed by atoms with Gasteiger partial charge in [-0.3, -0.25) is 0 Å². The summed E-state index contributed by atoms with van der Waals surface area (Å²) in [7, 11) is -8.12. The molecule has 0 aromatic heterocycles. The van der Waals surface area contributed by atoms with E-state index >= 15 is 0 Å². The summed E-state index contributed by atoms with van der Waals surface area (Å²) in [6.07, 6.45) is -13.9. The maximum absolute atomic E-state index is 13.9. The first-order chi connectivity index (χ1) is 13.3. The average Bonchev–Trinajstić information content (AvgIpc) is 2.52. The van der Waals surface area contributed by atoms with Gasteiger partial charge in [0.05, 0.1) is 0 Å². The second-order valence-corrected chi connectivity index (χ2v) is 7.46. The summed E-state index contributed by atoms with van der Waals surface area (Å²) in [5, 5.41) is -7.72. The van der Waals surface area contributed by atoms with E-state index in [0.717, 1.165) is 0 Å². The van der Waals surface area contributed by atoms with Gasteiger partial charge in [-0.25, -0.2) is 13.2 Å². The van der Waals surface area contributed by atoms with Crippen LogP contribution in [0.4, 0.5) is 57.1 Å². The van der Waals surface area contributed by atoms with Gasteiger partial charge in [0.2, 0.25) is 0 Å². The highest BCUT2D eigenvalue weighted by Gasteiger charge is 2.87. The van der Waals surface area contributed by atoms with E-state index in [4.69, 9.17) is 0 Å². The van der Waals surface area contributed by atoms with Gasteiger partial charge in [0.1, 0.15) is 0 Å². The molecule has 0 aromatic rings. The fourth-order valence-corrected chi connectivity index (χ4v) is 3.07. The lowest BCUT2D eigenvalue weighted by molar-refractivity contribution is -0.384. The van der Waals surface area contributed by atoms with Crippen molar-refractivity contribution in [3.8, 4) is 0 Å². The third-order valence-corrected chi connectivity index (χ3v) is 5.22. The second kappa shape index (κ2) is 7.96. The minimum absolute atomic E-state index is 0.0260. The smallest absolute Gasteiger partial charge is 0.392 e. The Hall–Kier alpha value is -1.79. The Kier molecular flexibility index (Phi) is 7.50. The minimum atomic E-state index is -8.12. The van der Waals surface area contributed by atoms with Gasteiger partial charge in [0.15, 0.2) is 0 Å². The van der Waals surface area contributed by atoms with Crippen molar-refractivity contribution in [2.45, 2.75) is 49.3 Å². The number of rotatable bonds is 9. The molecule has 0 atom stereocenters. The Morgan fingerprint density at radius 1 is 0.871 bits per heavy atom. The SMILES string of the molecule is C=C(C)C(=O)OC(F)(F)C(F)(F)N(CC)S(=O)(=O)C(F)(F)C(F)(F)C(F)(F)C(F)(F)F. The fraction of sp³-hybridized carbons (Fsp3) is 0.750. The molecule has 0 bridgehead atoms. The first-order valence-electron chi connectivity index (χ1n) is 7.14. The highest BCUT2D eigenvalue weighted by molar-refractivity contribution is 7.90. The van der Waals surface area contributed by atoms with Gasteiger partial charge in [0, 0.05) is 12.1 Å². The van der Waals surface area contributed by atoms with E-state index in [1.54, 1.807) is 0 Å². The number of carbonyl (C=O) groups is 1. The van der Waals surface area contributed by atoms with E-state index in [1.807, 2.05) is 0 Å². The van der Waals surface area contributed by atoms with Gasteiger partial charge in [-0.05, 0) is 6.92 Å². The predicted molar refractivity (Wildman–Crippen MR) is 73.0 cm³/mol.